The van der Waals surface area contributed by atoms with Crippen LogP contribution in [0.15, 0.2) is 78.0 Å². The number of halogens is 2. The molecule has 1 spiro atoms. The van der Waals surface area contributed by atoms with Crippen LogP contribution in [0.25, 0.3) is 0 Å². The number of amides is 1. The summed E-state index contributed by atoms with van der Waals surface area (Å²) in [4.78, 5) is 20.8. The number of amidine groups is 1. The molecular formula is C21H13Cl2N3O2. The van der Waals surface area contributed by atoms with E-state index in [-0.39, 0.29) is 5.91 Å². The van der Waals surface area contributed by atoms with Crippen LogP contribution in [0.4, 0.5) is 11.4 Å². The summed E-state index contributed by atoms with van der Waals surface area (Å²) in [6, 6.07) is 21.8. The van der Waals surface area contributed by atoms with E-state index < -0.39 is 5.72 Å². The van der Waals surface area contributed by atoms with E-state index in [9.17, 15) is 4.79 Å². The molecule has 0 unspecified atom stereocenters. The Balaban J connectivity index is 1.73. The lowest BCUT2D eigenvalue weighted by molar-refractivity contribution is -0.137. The third-order valence-electron chi connectivity index (χ3n) is 4.81. The minimum absolute atomic E-state index is 0.315. The van der Waals surface area contributed by atoms with Crippen molar-refractivity contribution < 1.29 is 9.63 Å². The average Bonchev–Trinajstić information content (AvgIpc) is 3.23. The number of hydrogen-bond donors (Lipinski definition) is 1. The summed E-state index contributed by atoms with van der Waals surface area (Å²) in [5.41, 5.74) is 1.39. The first-order valence-electron chi connectivity index (χ1n) is 8.58. The Kier molecular flexibility index (Phi) is 3.82. The Bertz CT molecular complexity index is 1130. The van der Waals surface area contributed by atoms with Gasteiger partial charge in [-0.1, -0.05) is 58.7 Å². The lowest BCUT2D eigenvalue weighted by Crippen LogP contribution is -2.51. The van der Waals surface area contributed by atoms with Gasteiger partial charge < -0.3 is 10.2 Å². The molecule has 0 saturated carbocycles. The summed E-state index contributed by atoms with van der Waals surface area (Å²) >= 11 is 12.3. The van der Waals surface area contributed by atoms with E-state index in [1.165, 1.54) is 0 Å². The molecule has 0 radical (unpaired) electrons. The van der Waals surface area contributed by atoms with E-state index in [4.69, 9.17) is 28.0 Å². The fourth-order valence-electron chi connectivity index (χ4n) is 3.57. The predicted molar refractivity (Wildman–Crippen MR) is 110 cm³/mol. The Morgan fingerprint density at radius 1 is 0.929 bits per heavy atom. The summed E-state index contributed by atoms with van der Waals surface area (Å²) in [5.74, 6) is 0.168. The number of hydrogen-bond acceptors (Lipinski definition) is 4. The van der Waals surface area contributed by atoms with Crippen LogP contribution in [0.5, 0.6) is 0 Å². The van der Waals surface area contributed by atoms with Gasteiger partial charge in [-0.15, -0.1) is 0 Å². The Morgan fingerprint density at radius 2 is 1.71 bits per heavy atom. The number of carbonyl (C=O) groups is 1. The van der Waals surface area contributed by atoms with Crippen LogP contribution in [0.3, 0.4) is 0 Å². The molecule has 1 N–H and O–H groups in total. The number of oxime groups is 1. The van der Waals surface area contributed by atoms with Crippen LogP contribution >= 0.6 is 23.2 Å². The highest BCUT2D eigenvalue weighted by Gasteiger charge is 2.59. The maximum Gasteiger partial charge on any atom is 0.322 e. The first kappa shape index (κ1) is 17.1. The third-order valence-corrected chi connectivity index (χ3v) is 5.29. The van der Waals surface area contributed by atoms with Gasteiger partial charge in [0.05, 0.1) is 11.3 Å². The highest BCUT2D eigenvalue weighted by atomic mass is 35.5. The van der Waals surface area contributed by atoms with Gasteiger partial charge in [0.1, 0.15) is 0 Å². The zero-order valence-corrected chi connectivity index (χ0v) is 15.9. The standard InChI is InChI=1S/C21H13Cl2N3O2/c22-14-8-10-16(11-9-14)26-19(13-4-3-5-15(23)12-13)25-28-21(26)17-6-1-2-7-18(17)24-20(21)27/h1-12H,(H,24,27)/t21-/m0/s1. The first-order valence-corrected chi connectivity index (χ1v) is 9.34. The van der Waals surface area contributed by atoms with E-state index in [2.05, 4.69) is 10.5 Å². The van der Waals surface area contributed by atoms with E-state index in [0.29, 0.717) is 32.8 Å². The quantitative estimate of drug-likeness (QED) is 0.647. The van der Waals surface area contributed by atoms with E-state index in [1.54, 1.807) is 29.2 Å². The van der Waals surface area contributed by atoms with Crippen molar-refractivity contribution in [2.75, 3.05) is 10.2 Å². The number of para-hydroxylation sites is 1. The van der Waals surface area contributed by atoms with Crippen molar-refractivity contribution in [2.45, 2.75) is 5.72 Å². The number of nitrogens with zero attached hydrogens (tertiary/aromatic N) is 2. The molecule has 138 valence electrons. The molecule has 2 aliphatic heterocycles. The van der Waals surface area contributed by atoms with Gasteiger partial charge in [0.25, 0.3) is 5.91 Å². The van der Waals surface area contributed by atoms with Gasteiger partial charge in [0, 0.05) is 21.3 Å². The largest absolute Gasteiger partial charge is 0.349 e. The van der Waals surface area contributed by atoms with Crippen molar-refractivity contribution in [3.63, 3.8) is 0 Å². The van der Waals surface area contributed by atoms with Gasteiger partial charge >= 0.3 is 5.72 Å². The first-order chi connectivity index (χ1) is 13.6. The number of rotatable bonds is 2. The van der Waals surface area contributed by atoms with E-state index >= 15 is 0 Å². The van der Waals surface area contributed by atoms with Gasteiger partial charge in [-0.2, -0.15) is 0 Å². The van der Waals surface area contributed by atoms with Crippen LogP contribution in [0.1, 0.15) is 11.1 Å². The monoisotopic (exact) mass is 409 g/mol. The molecule has 2 heterocycles. The molecule has 3 aromatic rings. The van der Waals surface area contributed by atoms with Crippen LogP contribution < -0.4 is 10.2 Å². The summed E-state index contributed by atoms with van der Waals surface area (Å²) in [6.07, 6.45) is 0. The number of carbonyl (C=O) groups excluding carboxylic acids is 1. The highest BCUT2D eigenvalue weighted by molar-refractivity contribution is 6.31. The molecule has 7 heteroatoms. The van der Waals surface area contributed by atoms with Crippen LogP contribution in [-0.4, -0.2) is 11.7 Å². The SMILES string of the molecule is O=C1Nc2ccccc2[C@]12ON=C(c1cccc(Cl)c1)N2c1ccc(Cl)cc1. The average molecular weight is 410 g/mol. The zero-order chi connectivity index (χ0) is 19.3. The lowest BCUT2D eigenvalue weighted by Gasteiger charge is -2.32. The topological polar surface area (TPSA) is 53.9 Å². The van der Waals surface area contributed by atoms with Crippen LogP contribution in [-0.2, 0) is 15.4 Å². The molecule has 0 saturated heterocycles. The maximum atomic E-state index is 13.1. The molecule has 0 aromatic heterocycles. The number of anilines is 2. The van der Waals surface area contributed by atoms with Crippen molar-refractivity contribution in [1.82, 2.24) is 0 Å². The number of fused-ring (bicyclic) bond motifs is 2. The summed E-state index contributed by atoms with van der Waals surface area (Å²) in [6.45, 7) is 0. The van der Waals surface area contributed by atoms with Crippen molar-refractivity contribution in [2.24, 2.45) is 5.16 Å². The molecule has 0 bridgehead atoms. The van der Waals surface area contributed by atoms with Crippen molar-refractivity contribution in [3.8, 4) is 0 Å². The molecule has 28 heavy (non-hydrogen) atoms. The lowest BCUT2D eigenvalue weighted by atomic mass is 10.00. The number of nitrogens with one attached hydrogen (secondary N) is 1. The fraction of sp³-hybridized carbons (Fsp3) is 0.0476. The maximum absolute atomic E-state index is 13.1. The second-order valence-electron chi connectivity index (χ2n) is 6.47. The second kappa shape index (κ2) is 6.26. The molecule has 5 nitrogen and oxygen atoms in total. The molecule has 0 fully saturated rings. The summed E-state index contributed by atoms with van der Waals surface area (Å²) < 4.78 is 0. The Morgan fingerprint density at radius 3 is 2.50 bits per heavy atom. The van der Waals surface area contributed by atoms with Gasteiger partial charge in [-0.05, 0) is 42.5 Å². The van der Waals surface area contributed by atoms with Crippen LogP contribution in [0, 0.1) is 0 Å². The van der Waals surface area contributed by atoms with Crippen molar-refractivity contribution in [1.29, 1.82) is 0 Å². The smallest absolute Gasteiger partial charge is 0.322 e. The van der Waals surface area contributed by atoms with Gasteiger partial charge in [0.15, 0.2) is 5.84 Å². The minimum atomic E-state index is -1.44. The van der Waals surface area contributed by atoms with E-state index in [1.807, 2.05) is 48.5 Å². The third kappa shape index (κ3) is 2.40. The molecule has 0 aliphatic carbocycles. The van der Waals surface area contributed by atoms with Gasteiger partial charge in [0.2, 0.25) is 0 Å². The molecule has 1 amide bonds. The summed E-state index contributed by atoms with van der Waals surface area (Å²) in [7, 11) is 0. The Labute approximate surface area is 171 Å². The Hall–Kier alpha value is -3.02. The zero-order valence-electron chi connectivity index (χ0n) is 14.4. The predicted octanol–water partition coefficient (Wildman–Crippen LogP) is 5.00. The van der Waals surface area contributed by atoms with Gasteiger partial charge in [-0.3, -0.25) is 9.69 Å². The molecule has 5 rings (SSSR count). The highest BCUT2D eigenvalue weighted by Crippen LogP contribution is 2.47. The van der Waals surface area contributed by atoms with Gasteiger partial charge in [-0.25, -0.2) is 0 Å². The molecule has 1 atom stereocenters. The normalized spacial score (nSPS) is 20.0. The van der Waals surface area contributed by atoms with Crippen molar-refractivity contribution in [3.05, 3.63) is 94.0 Å². The summed E-state index contributed by atoms with van der Waals surface area (Å²) in [5, 5.41) is 8.35. The minimum Gasteiger partial charge on any atom is -0.349 e. The second-order valence-corrected chi connectivity index (χ2v) is 7.34. The van der Waals surface area contributed by atoms with Crippen LogP contribution in [0.2, 0.25) is 10.0 Å². The van der Waals surface area contributed by atoms with Crippen molar-refractivity contribution >= 4 is 46.3 Å². The number of benzene rings is 3. The molecule has 3 aromatic carbocycles. The van der Waals surface area contributed by atoms with E-state index in [0.717, 1.165) is 5.56 Å². The molecular weight excluding hydrogens is 397 g/mol. The fourth-order valence-corrected chi connectivity index (χ4v) is 3.89. The molecule has 2 aliphatic rings.